The second-order valence-electron chi connectivity index (χ2n) is 10.4. The molecule has 1 aromatic carbocycles. The van der Waals surface area contributed by atoms with E-state index in [0.717, 1.165) is 32.1 Å². The minimum Gasteiger partial charge on any atom is -0.393 e. The first-order valence-electron chi connectivity index (χ1n) is 12.5. The van der Waals surface area contributed by atoms with Gasteiger partial charge in [-0.3, -0.25) is 9.36 Å². The van der Waals surface area contributed by atoms with Crippen LogP contribution >= 0.6 is 34.8 Å². The van der Waals surface area contributed by atoms with Crippen molar-refractivity contribution in [1.82, 2.24) is 19.5 Å². The van der Waals surface area contributed by atoms with Crippen LogP contribution in [-0.4, -0.2) is 42.7 Å². The zero-order valence-electron chi connectivity index (χ0n) is 20.5. The Balaban J connectivity index is 1.52. The minimum atomic E-state index is -0.535. The molecule has 12 heteroatoms. The van der Waals surface area contributed by atoms with Gasteiger partial charge in [-0.1, -0.05) is 41.7 Å². The van der Waals surface area contributed by atoms with Gasteiger partial charge in [-0.05, 0) is 63.5 Å². The fourth-order valence-corrected chi connectivity index (χ4v) is 6.30. The third kappa shape index (κ3) is 5.46. The molecule has 0 spiro atoms. The molecule has 2 aliphatic carbocycles. The Bertz CT molecular complexity index is 1300. The van der Waals surface area contributed by atoms with Crippen molar-refractivity contribution >= 4 is 69.5 Å². The lowest BCUT2D eigenvalue weighted by molar-refractivity contribution is -0.128. The van der Waals surface area contributed by atoms with E-state index in [1.807, 2.05) is 11.5 Å². The molecule has 0 unspecified atom stereocenters. The van der Waals surface area contributed by atoms with Crippen molar-refractivity contribution in [2.45, 2.75) is 76.5 Å². The van der Waals surface area contributed by atoms with Gasteiger partial charge >= 0.3 is 0 Å². The second kappa shape index (κ2) is 10.4. The van der Waals surface area contributed by atoms with Crippen LogP contribution < -0.4 is 16.4 Å². The van der Waals surface area contributed by atoms with Crippen LogP contribution in [-0.2, 0) is 4.79 Å². The zero-order valence-corrected chi connectivity index (χ0v) is 22.7. The molecule has 2 saturated carbocycles. The number of carbonyl (C=O) groups excluding carboxylic acids is 1. The molecule has 2 atom stereocenters. The number of nitrogens with one attached hydrogen (secondary N) is 2. The fourth-order valence-electron chi connectivity index (χ4n) is 5.39. The van der Waals surface area contributed by atoms with E-state index in [1.165, 1.54) is 0 Å². The summed E-state index contributed by atoms with van der Waals surface area (Å²) in [5.74, 6) is 0.732. The van der Waals surface area contributed by atoms with Crippen LogP contribution in [0.15, 0.2) is 18.3 Å². The van der Waals surface area contributed by atoms with E-state index in [2.05, 4.69) is 15.6 Å². The number of hydrogen-bond donors (Lipinski definition) is 4. The Morgan fingerprint density at radius 1 is 1.14 bits per heavy atom. The third-order valence-electron chi connectivity index (χ3n) is 7.67. The number of hydrogen-bond acceptors (Lipinski definition) is 7. The van der Waals surface area contributed by atoms with Crippen LogP contribution in [0.3, 0.4) is 0 Å². The fraction of sp³-hybridized carbons (Fsp3) is 0.520. The van der Waals surface area contributed by atoms with Crippen LogP contribution in [0.5, 0.6) is 0 Å². The standard InChI is InChI=1S/C25H30Cl3N7O2/c1-25(22(29)37)7-5-15(6-8-25)35-21-19(12-30-23(34-21)31-14-3-2-4-16(36)11-14)32-24(35)33-20-17(27)9-13(26)10-18(20)28/h9-10,12,14-16,36H,2-8,11H2,1H3,(H2,29,37)(H,32,33)(H,30,31,34)/t14-,15-,16-,25+/m0/s1. The summed E-state index contributed by atoms with van der Waals surface area (Å²) in [4.78, 5) is 26.2. The van der Waals surface area contributed by atoms with Gasteiger partial charge in [0, 0.05) is 22.5 Å². The summed E-state index contributed by atoms with van der Waals surface area (Å²) in [6.07, 6.45) is 7.53. The SMILES string of the molecule is C[C@]1(C(N)=O)CC[C@@H](n2c(Nc3c(Cl)cc(Cl)cc3Cl)nc3cnc(N[C@H]4CCC[C@H](O)C4)nc32)CC1. The number of halogens is 3. The number of carbonyl (C=O) groups is 1. The highest BCUT2D eigenvalue weighted by Gasteiger charge is 2.38. The van der Waals surface area contributed by atoms with Crippen molar-refractivity contribution in [2.24, 2.45) is 11.1 Å². The number of imidazole rings is 1. The lowest BCUT2D eigenvalue weighted by atomic mass is 9.73. The maximum Gasteiger partial charge on any atom is 0.224 e. The highest BCUT2D eigenvalue weighted by Crippen LogP contribution is 2.44. The average molecular weight is 567 g/mol. The summed E-state index contributed by atoms with van der Waals surface area (Å²) in [7, 11) is 0. The summed E-state index contributed by atoms with van der Waals surface area (Å²) in [6.45, 7) is 1.92. The Kier molecular flexibility index (Phi) is 7.42. The van der Waals surface area contributed by atoms with Gasteiger partial charge in [0.2, 0.25) is 17.8 Å². The molecule has 2 aromatic heterocycles. The van der Waals surface area contributed by atoms with Gasteiger partial charge in [-0.2, -0.15) is 4.98 Å². The lowest BCUT2D eigenvalue weighted by Gasteiger charge is -2.35. The number of nitrogens with zero attached hydrogens (tertiary/aromatic N) is 4. The first kappa shape index (κ1) is 26.3. The van der Waals surface area contributed by atoms with Gasteiger partial charge in [0.15, 0.2) is 5.65 Å². The largest absolute Gasteiger partial charge is 0.393 e. The molecule has 198 valence electrons. The molecule has 0 saturated heterocycles. The predicted molar refractivity (Wildman–Crippen MR) is 147 cm³/mol. The number of rotatable bonds is 6. The van der Waals surface area contributed by atoms with Crippen molar-refractivity contribution in [3.8, 4) is 0 Å². The maximum absolute atomic E-state index is 12.1. The molecule has 2 heterocycles. The number of fused-ring (bicyclic) bond motifs is 1. The number of anilines is 3. The van der Waals surface area contributed by atoms with Crippen molar-refractivity contribution in [1.29, 1.82) is 0 Å². The normalized spacial score (nSPS) is 26.2. The van der Waals surface area contributed by atoms with Crippen molar-refractivity contribution in [3.05, 3.63) is 33.4 Å². The van der Waals surface area contributed by atoms with Crippen molar-refractivity contribution in [3.63, 3.8) is 0 Å². The number of aromatic nitrogens is 4. The van der Waals surface area contributed by atoms with Crippen molar-refractivity contribution in [2.75, 3.05) is 10.6 Å². The molecule has 0 aliphatic heterocycles. The summed E-state index contributed by atoms with van der Waals surface area (Å²) >= 11 is 19.0. The monoisotopic (exact) mass is 565 g/mol. The average Bonchev–Trinajstić information content (AvgIpc) is 3.19. The molecule has 9 nitrogen and oxygen atoms in total. The van der Waals surface area contributed by atoms with E-state index in [-0.39, 0.29) is 24.1 Å². The van der Waals surface area contributed by atoms with Gasteiger partial charge in [0.1, 0.15) is 5.52 Å². The summed E-state index contributed by atoms with van der Waals surface area (Å²) < 4.78 is 2.04. The molecule has 5 rings (SSSR count). The summed E-state index contributed by atoms with van der Waals surface area (Å²) in [6, 6.07) is 3.35. The summed E-state index contributed by atoms with van der Waals surface area (Å²) in [5, 5.41) is 17.9. The summed E-state index contributed by atoms with van der Waals surface area (Å²) in [5.41, 5.74) is 6.92. The predicted octanol–water partition coefficient (Wildman–Crippen LogP) is 5.85. The third-order valence-corrected chi connectivity index (χ3v) is 8.49. The van der Waals surface area contributed by atoms with Gasteiger partial charge in [-0.15, -0.1) is 0 Å². The van der Waals surface area contributed by atoms with Crippen LogP contribution in [0.2, 0.25) is 15.1 Å². The Labute approximate surface area is 230 Å². The Morgan fingerprint density at radius 3 is 2.49 bits per heavy atom. The van der Waals surface area contributed by atoms with Crippen LogP contribution in [0, 0.1) is 5.41 Å². The van der Waals surface area contributed by atoms with Crippen LogP contribution in [0.1, 0.15) is 64.3 Å². The molecule has 0 bridgehead atoms. The Morgan fingerprint density at radius 2 is 1.84 bits per heavy atom. The first-order valence-corrected chi connectivity index (χ1v) is 13.7. The van der Waals surface area contributed by atoms with Gasteiger partial charge < -0.3 is 21.5 Å². The number of amides is 1. The molecule has 2 aliphatic rings. The molecular weight excluding hydrogens is 537 g/mol. The second-order valence-corrected chi connectivity index (χ2v) is 11.6. The molecule has 3 aromatic rings. The number of primary amides is 1. The Hall–Kier alpha value is -2.33. The molecule has 2 fully saturated rings. The topological polar surface area (TPSA) is 131 Å². The highest BCUT2D eigenvalue weighted by atomic mass is 35.5. The van der Waals surface area contributed by atoms with E-state index in [1.54, 1.807) is 18.3 Å². The maximum atomic E-state index is 12.1. The quantitative estimate of drug-likeness (QED) is 0.294. The van der Waals surface area contributed by atoms with Crippen LogP contribution in [0.25, 0.3) is 11.2 Å². The van der Waals surface area contributed by atoms with Gasteiger partial charge in [-0.25, -0.2) is 9.97 Å². The number of nitrogens with two attached hydrogens (primary N) is 1. The van der Waals surface area contributed by atoms with E-state index in [4.69, 9.17) is 50.5 Å². The number of aliphatic hydroxyl groups excluding tert-OH is 1. The smallest absolute Gasteiger partial charge is 0.224 e. The molecule has 37 heavy (non-hydrogen) atoms. The zero-order chi connectivity index (χ0) is 26.3. The molecule has 0 radical (unpaired) electrons. The van der Waals surface area contributed by atoms with Crippen molar-refractivity contribution < 1.29 is 9.90 Å². The van der Waals surface area contributed by atoms with Crippen LogP contribution in [0.4, 0.5) is 17.6 Å². The van der Waals surface area contributed by atoms with E-state index < -0.39 is 5.41 Å². The van der Waals surface area contributed by atoms with E-state index >= 15 is 0 Å². The van der Waals surface area contributed by atoms with Gasteiger partial charge in [0.05, 0.1) is 28.0 Å². The molecular formula is C25H30Cl3N7O2. The first-order chi connectivity index (χ1) is 17.6. The van der Waals surface area contributed by atoms with E-state index in [9.17, 15) is 9.90 Å². The molecule has 1 amide bonds. The van der Waals surface area contributed by atoms with E-state index in [0.29, 0.717) is 63.1 Å². The highest BCUT2D eigenvalue weighted by molar-refractivity contribution is 6.41. The number of aliphatic hydroxyl groups is 1. The van der Waals surface area contributed by atoms with Gasteiger partial charge in [0.25, 0.3) is 0 Å². The lowest BCUT2D eigenvalue weighted by Crippen LogP contribution is -2.38. The molecule has 5 N–H and O–H groups in total. The number of benzene rings is 1. The minimum absolute atomic E-state index is 0.0176.